The maximum absolute atomic E-state index is 13.2. The number of amidine groups is 1. The predicted molar refractivity (Wildman–Crippen MR) is 135 cm³/mol. The van der Waals surface area contributed by atoms with Crippen LogP contribution >= 0.6 is 11.6 Å². The quantitative estimate of drug-likeness (QED) is 0.216. The average molecular weight is 516 g/mol. The number of amides is 1. The molecule has 1 amide bonds. The summed E-state index contributed by atoms with van der Waals surface area (Å²) in [5, 5.41) is 23.1. The molecule has 0 aliphatic carbocycles. The first-order valence-electron chi connectivity index (χ1n) is 11.2. The summed E-state index contributed by atoms with van der Waals surface area (Å²) in [7, 11) is 0. The molecule has 1 unspecified atom stereocenters. The molecule has 190 valence electrons. The van der Waals surface area contributed by atoms with Crippen molar-refractivity contribution < 1.29 is 18.7 Å². The first-order valence-corrected chi connectivity index (χ1v) is 11.6. The smallest absolute Gasteiger partial charge is 0.255 e. The lowest BCUT2D eigenvalue weighted by Crippen LogP contribution is -2.47. The third kappa shape index (κ3) is 7.39. The highest BCUT2D eigenvalue weighted by molar-refractivity contribution is 6.46. The molecule has 10 nitrogen and oxygen atoms in total. The molecule has 3 rings (SSSR count). The largest absolute Gasteiger partial charge is 0.493 e. The van der Waals surface area contributed by atoms with Gasteiger partial charge in [0.1, 0.15) is 17.6 Å². The minimum atomic E-state index is -0.497. The summed E-state index contributed by atoms with van der Waals surface area (Å²) >= 11 is 6.32. The zero-order valence-corrected chi connectivity index (χ0v) is 20.4. The minimum Gasteiger partial charge on any atom is -0.493 e. The number of morpholine rings is 1. The summed E-state index contributed by atoms with van der Waals surface area (Å²) < 4.78 is 24.6. The van der Waals surface area contributed by atoms with Gasteiger partial charge in [-0.05, 0) is 30.7 Å². The maximum atomic E-state index is 13.2. The Morgan fingerprint density at radius 3 is 2.83 bits per heavy atom. The Labute approximate surface area is 213 Å². The Kier molecular flexibility index (Phi) is 9.58. The average Bonchev–Trinajstić information content (AvgIpc) is 2.86. The molecule has 5 N–H and O–H groups in total. The van der Waals surface area contributed by atoms with Crippen LogP contribution < -0.4 is 21.2 Å². The monoisotopic (exact) mass is 515 g/mol. The van der Waals surface area contributed by atoms with E-state index in [0.717, 1.165) is 12.1 Å². The summed E-state index contributed by atoms with van der Waals surface area (Å²) in [4.78, 5) is 15.2. The number of nitrogens with zero attached hydrogens (tertiary/aromatic N) is 3. The molecule has 0 bridgehead atoms. The third-order valence-corrected chi connectivity index (χ3v) is 5.61. The van der Waals surface area contributed by atoms with Crippen molar-refractivity contribution in [3.8, 4) is 11.8 Å². The van der Waals surface area contributed by atoms with E-state index in [9.17, 15) is 9.18 Å². The normalized spacial score (nSPS) is 16.2. The number of rotatable bonds is 10. The SMILES string of the molecule is CCOc1cc(N/N=C(\C#N)C(=N)N)c(Cl)cc1C(=O)NCC1CN(Cc2ccc(F)cc2)CCO1. The number of benzene rings is 2. The molecule has 1 heterocycles. The van der Waals surface area contributed by atoms with Crippen molar-refractivity contribution in [1.29, 1.82) is 10.7 Å². The van der Waals surface area contributed by atoms with Gasteiger partial charge in [0.2, 0.25) is 5.71 Å². The summed E-state index contributed by atoms with van der Waals surface area (Å²) in [6, 6.07) is 11.0. The van der Waals surface area contributed by atoms with Crippen molar-refractivity contribution in [2.75, 3.05) is 38.3 Å². The molecule has 2 aromatic carbocycles. The van der Waals surface area contributed by atoms with Gasteiger partial charge >= 0.3 is 0 Å². The molecule has 1 atom stereocenters. The van der Waals surface area contributed by atoms with Crippen LogP contribution in [0.1, 0.15) is 22.8 Å². The van der Waals surface area contributed by atoms with Gasteiger partial charge in [-0.2, -0.15) is 10.4 Å². The molecule has 12 heteroatoms. The lowest BCUT2D eigenvalue weighted by molar-refractivity contribution is -0.0292. The minimum absolute atomic E-state index is 0.160. The highest BCUT2D eigenvalue weighted by atomic mass is 35.5. The molecular weight excluding hydrogens is 489 g/mol. The number of nitriles is 1. The fourth-order valence-electron chi connectivity index (χ4n) is 3.55. The zero-order valence-electron chi connectivity index (χ0n) is 19.7. The van der Waals surface area contributed by atoms with Crippen LogP contribution in [0.15, 0.2) is 41.5 Å². The van der Waals surface area contributed by atoms with Crippen LogP contribution in [0.2, 0.25) is 5.02 Å². The van der Waals surface area contributed by atoms with E-state index in [1.165, 1.54) is 24.3 Å². The third-order valence-electron chi connectivity index (χ3n) is 5.30. The highest BCUT2D eigenvalue weighted by Crippen LogP contribution is 2.31. The van der Waals surface area contributed by atoms with Crippen LogP contribution in [0.25, 0.3) is 0 Å². The fraction of sp³-hybridized carbons (Fsp3) is 0.333. The number of hydrogen-bond acceptors (Lipinski definition) is 8. The van der Waals surface area contributed by atoms with Gasteiger partial charge in [-0.25, -0.2) is 4.39 Å². The Morgan fingerprint density at radius 1 is 1.42 bits per heavy atom. The van der Waals surface area contributed by atoms with E-state index in [1.807, 2.05) is 0 Å². The lowest BCUT2D eigenvalue weighted by Gasteiger charge is -2.33. The number of nitrogens with one attached hydrogen (secondary N) is 3. The number of nitrogens with two attached hydrogens (primary N) is 1. The molecule has 0 saturated carbocycles. The van der Waals surface area contributed by atoms with Gasteiger partial charge in [-0.1, -0.05) is 23.7 Å². The highest BCUT2D eigenvalue weighted by Gasteiger charge is 2.23. The fourth-order valence-corrected chi connectivity index (χ4v) is 3.76. The van der Waals surface area contributed by atoms with Gasteiger partial charge < -0.3 is 20.5 Å². The standard InChI is InChI=1S/C24H27ClFN7O3/c1-2-35-22-10-20(31-32-21(11-27)23(28)29)19(25)9-18(22)24(34)30-12-17-14-33(7-8-36-17)13-15-3-5-16(26)6-4-15/h3-6,9-10,17,31H,2,7-8,12-14H2,1H3,(H3,28,29)(H,30,34)/b32-21+. The molecule has 36 heavy (non-hydrogen) atoms. The van der Waals surface area contributed by atoms with E-state index >= 15 is 0 Å². The van der Waals surface area contributed by atoms with E-state index in [2.05, 4.69) is 20.7 Å². The van der Waals surface area contributed by atoms with Crippen molar-refractivity contribution in [2.45, 2.75) is 19.6 Å². The van der Waals surface area contributed by atoms with Gasteiger partial charge in [-0.15, -0.1) is 0 Å². The number of halogens is 2. The van der Waals surface area contributed by atoms with Gasteiger partial charge in [0.05, 0.1) is 35.6 Å². The summed E-state index contributed by atoms with van der Waals surface area (Å²) in [5.41, 5.74) is 9.05. The van der Waals surface area contributed by atoms with E-state index in [-0.39, 0.29) is 46.2 Å². The molecule has 1 fully saturated rings. The van der Waals surface area contributed by atoms with E-state index < -0.39 is 11.7 Å². The van der Waals surface area contributed by atoms with Crippen molar-refractivity contribution >= 4 is 34.7 Å². The molecule has 1 aliphatic rings. The Balaban J connectivity index is 1.64. The van der Waals surface area contributed by atoms with Crippen LogP contribution in [0.5, 0.6) is 5.75 Å². The Bertz CT molecular complexity index is 1170. The van der Waals surface area contributed by atoms with Crippen LogP contribution in [0, 0.1) is 22.6 Å². The van der Waals surface area contributed by atoms with Gasteiger partial charge in [0.15, 0.2) is 5.84 Å². The van der Waals surface area contributed by atoms with Crippen molar-refractivity contribution in [2.24, 2.45) is 10.8 Å². The second kappa shape index (κ2) is 12.8. The van der Waals surface area contributed by atoms with Gasteiger partial charge in [0.25, 0.3) is 5.91 Å². The number of hydrazone groups is 1. The van der Waals surface area contributed by atoms with Gasteiger partial charge in [0, 0.05) is 32.2 Å². The number of carbonyl (C=O) groups is 1. The lowest BCUT2D eigenvalue weighted by atomic mass is 10.1. The second-order valence-corrected chi connectivity index (χ2v) is 8.33. The summed E-state index contributed by atoms with van der Waals surface area (Å²) in [6.07, 6.45) is -0.222. The summed E-state index contributed by atoms with van der Waals surface area (Å²) in [6.45, 7) is 4.86. The van der Waals surface area contributed by atoms with E-state index in [4.69, 9.17) is 37.5 Å². The summed E-state index contributed by atoms with van der Waals surface area (Å²) in [5.74, 6) is -0.896. The molecule has 2 aromatic rings. The van der Waals surface area contributed by atoms with Crippen LogP contribution in [-0.2, 0) is 11.3 Å². The Morgan fingerprint density at radius 2 is 2.17 bits per heavy atom. The number of hydrogen-bond donors (Lipinski definition) is 4. The first-order chi connectivity index (χ1) is 17.3. The van der Waals surface area contributed by atoms with Crippen LogP contribution in [-0.4, -0.2) is 61.3 Å². The molecule has 0 aromatic heterocycles. The van der Waals surface area contributed by atoms with Crippen molar-refractivity contribution in [3.05, 3.63) is 58.4 Å². The van der Waals surface area contributed by atoms with E-state index in [0.29, 0.717) is 26.3 Å². The van der Waals surface area contributed by atoms with Gasteiger partial charge in [-0.3, -0.25) is 20.5 Å². The Hall–Kier alpha value is -3.72. The van der Waals surface area contributed by atoms with E-state index in [1.54, 1.807) is 25.1 Å². The van der Waals surface area contributed by atoms with Crippen LogP contribution in [0.4, 0.5) is 10.1 Å². The van der Waals surface area contributed by atoms with Crippen molar-refractivity contribution in [3.63, 3.8) is 0 Å². The number of carbonyl (C=O) groups excluding carboxylic acids is 1. The maximum Gasteiger partial charge on any atom is 0.255 e. The topological polar surface area (TPSA) is 149 Å². The van der Waals surface area contributed by atoms with Crippen molar-refractivity contribution in [1.82, 2.24) is 10.2 Å². The zero-order chi connectivity index (χ0) is 26.1. The second-order valence-electron chi connectivity index (χ2n) is 7.92. The molecule has 0 radical (unpaired) electrons. The number of ether oxygens (including phenoxy) is 2. The predicted octanol–water partition coefficient (Wildman–Crippen LogP) is 2.74. The molecule has 0 spiro atoms. The molecule has 1 aliphatic heterocycles. The molecular formula is C24H27ClFN7O3. The number of anilines is 1. The molecule has 1 saturated heterocycles. The first kappa shape index (κ1) is 26.9. The van der Waals surface area contributed by atoms with Crippen LogP contribution in [0.3, 0.4) is 0 Å².